The topological polar surface area (TPSA) is 38.7 Å². The van der Waals surface area contributed by atoms with Gasteiger partial charge < -0.3 is 14.6 Å². The molecule has 3 nitrogen and oxygen atoms in total. The lowest BCUT2D eigenvalue weighted by molar-refractivity contribution is -0.0983. The summed E-state index contributed by atoms with van der Waals surface area (Å²) in [5.74, 6) is 0.881. The Morgan fingerprint density at radius 2 is 1.88 bits per heavy atom. The molecular formula is C22H27ClO3. The van der Waals surface area contributed by atoms with E-state index in [1.54, 1.807) is 0 Å². The van der Waals surface area contributed by atoms with Crippen LogP contribution in [0.15, 0.2) is 42.5 Å². The van der Waals surface area contributed by atoms with Crippen molar-refractivity contribution in [2.24, 2.45) is 0 Å². The van der Waals surface area contributed by atoms with E-state index in [-0.39, 0.29) is 18.3 Å². The van der Waals surface area contributed by atoms with E-state index >= 15 is 0 Å². The van der Waals surface area contributed by atoms with Crippen LogP contribution in [0.4, 0.5) is 0 Å². The highest BCUT2D eigenvalue weighted by Crippen LogP contribution is 2.34. The van der Waals surface area contributed by atoms with Crippen LogP contribution in [0.2, 0.25) is 5.02 Å². The molecule has 4 heteroatoms. The van der Waals surface area contributed by atoms with Crippen LogP contribution in [0.1, 0.15) is 55.9 Å². The first-order valence-corrected chi connectivity index (χ1v) is 9.80. The highest BCUT2D eigenvalue weighted by Gasteiger charge is 2.28. The third-order valence-electron chi connectivity index (χ3n) is 4.90. The van der Waals surface area contributed by atoms with Gasteiger partial charge in [-0.05, 0) is 61.1 Å². The van der Waals surface area contributed by atoms with E-state index in [1.807, 2.05) is 31.2 Å². The van der Waals surface area contributed by atoms with Crippen molar-refractivity contribution in [3.05, 3.63) is 64.2 Å². The summed E-state index contributed by atoms with van der Waals surface area (Å²) in [6, 6.07) is 14.2. The van der Waals surface area contributed by atoms with Gasteiger partial charge in [-0.15, -0.1) is 0 Å². The van der Waals surface area contributed by atoms with E-state index in [0.717, 1.165) is 41.2 Å². The number of hydrogen-bond donors (Lipinski definition) is 1. The van der Waals surface area contributed by atoms with Crippen molar-refractivity contribution in [3.63, 3.8) is 0 Å². The van der Waals surface area contributed by atoms with Crippen LogP contribution >= 0.6 is 11.6 Å². The van der Waals surface area contributed by atoms with Crippen molar-refractivity contribution in [2.75, 3.05) is 6.61 Å². The predicted octanol–water partition coefficient (Wildman–Crippen LogP) is 5.32. The van der Waals surface area contributed by atoms with Crippen molar-refractivity contribution in [1.82, 2.24) is 0 Å². The number of aliphatic hydroxyl groups excluding tert-OH is 1. The number of aliphatic hydroxyl groups is 1. The van der Waals surface area contributed by atoms with Gasteiger partial charge in [-0.2, -0.15) is 0 Å². The molecule has 3 rings (SSSR count). The second kappa shape index (κ2) is 8.90. The standard InChI is InChI=1S/C22H27ClO3/c1-3-19-13-18(24)14-22(26-19)16-7-10-21(23)17(12-16)11-15-5-8-20(9-6-15)25-4-2/h5-10,12,18-19,22,24H,3-4,11,13-14H2,1-2H3/t18-,19+,22+/m0/s1. The van der Waals surface area contributed by atoms with Gasteiger partial charge in [0.05, 0.1) is 24.9 Å². The molecule has 26 heavy (non-hydrogen) atoms. The van der Waals surface area contributed by atoms with Crippen molar-refractivity contribution < 1.29 is 14.6 Å². The molecule has 0 spiro atoms. The molecule has 1 aliphatic rings. The van der Waals surface area contributed by atoms with Crippen LogP contribution in [0.25, 0.3) is 0 Å². The molecular weight excluding hydrogens is 348 g/mol. The fourth-order valence-corrected chi connectivity index (χ4v) is 3.67. The molecule has 0 aliphatic carbocycles. The molecule has 1 heterocycles. The second-order valence-electron chi connectivity index (χ2n) is 6.88. The minimum absolute atomic E-state index is 0.0694. The van der Waals surface area contributed by atoms with E-state index in [2.05, 4.69) is 25.1 Å². The van der Waals surface area contributed by atoms with Gasteiger partial charge in [0.15, 0.2) is 0 Å². The number of ether oxygens (including phenoxy) is 2. The Bertz CT molecular complexity index is 714. The van der Waals surface area contributed by atoms with Crippen LogP contribution in [0.5, 0.6) is 5.75 Å². The summed E-state index contributed by atoms with van der Waals surface area (Å²) in [7, 11) is 0. The average molecular weight is 375 g/mol. The van der Waals surface area contributed by atoms with Gasteiger partial charge in [0.25, 0.3) is 0 Å². The van der Waals surface area contributed by atoms with Gasteiger partial charge in [-0.25, -0.2) is 0 Å². The molecule has 0 unspecified atom stereocenters. The van der Waals surface area contributed by atoms with Crippen LogP contribution in [0.3, 0.4) is 0 Å². The Morgan fingerprint density at radius 1 is 1.12 bits per heavy atom. The normalized spacial score (nSPS) is 23.0. The quantitative estimate of drug-likeness (QED) is 0.743. The summed E-state index contributed by atoms with van der Waals surface area (Å²) in [5.41, 5.74) is 3.35. The third kappa shape index (κ3) is 4.79. The van der Waals surface area contributed by atoms with Crippen LogP contribution < -0.4 is 4.74 Å². The summed E-state index contributed by atoms with van der Waals surface area (Å²) in [6.07, 6.45) is 2.78. The zero-order valence-electron chi connectivity index (χ0n) is 15.5. The molecule has 0 radical (unpaired) electrons. The summed E-state index contributed by atoms with van der Waals surface area (Å²) in [5, 5.41) is 10.9. The van der Waals surface area contributed by atoms with Gasteiger partial charge in [0.1, 0.15) is 5.75 Å². The highest BCUT2D eigenvalue weighted by atomic mass is 35.5. The summed E-state index contributed by atoms with van der Waals surface area (Å²) in [4.78, 5) is 0. The molecule has 0 aromatic heterocycles. The Kier molecular flexibility index (Phi) is 6.58. The van der Waals surface area contributed by atoms with Crippen LogP contribution in [-0.2, 0) is 11.2 Å². The van der Waals surface area contributed by atoms with Crippen LogP contribution in [-0.4, -0.2) is 23.9 Å². The lowest BCUT2D eigenvalue weighted by atomic mass is 9.93. The number of hydrogen-bond acceptors (Lipinski definition) is 3. The van der Waals surface area contributed by atoms with Crippen molar-refractivity contribution in [2.45, 2.75) is 57.8 Å². The predicted molar refractivity (Wildman–Crippen MR) is 105 cm³/mol. The molecule has 140 valence electrons. The van der Waals surface area contributed by atoms with E-state index in [1.165, 1.54) is 5.56 Å². The number of rotatable bonds is 6. The maximum absolute atomic E-state index is 10.2. The lowest BCUT2D eigenvalue weighted by Crippen LogP contribution is -2.30. The molecule has 0 bridgehead atoms. The fraction of sp³-hybridized carbons (Fsp3) is 0.455. The smallest absolute Gasteiger partial charge is 0.119 e. The summed E-state index contributed by atoms with van der Waals surface area (Å²) in [6.45, 7) is 4.74. The van der Waals surface area contributed by atoms with Crippen molar-refractivity contribution >= 4 is 11.6 Å². The van der Waals surface area contributed by atoms with E-state index in [0.29, 0.717) is 13.0 Å². The SMILES string of the molecule is CCOc1ccc(Cc2cc([C@H]3C[C@@H](O)C[C@@H](CC)O3)ccc2Cl)cc1. The summed E-state index contributed by atoms with van der Waals surface area (Å²) >= 11 is 6.44. The van der Waals surface area contributed by atoms with Gasteiger partial charge in [0, 0.05) is 11.4 Å². The summed E-state index contributed by atoms with van der Waals surface area (Å²) < 4.78 is 11.7. The van der Waals surface area contributed by atoms with Crippen molar-refractivity contribution in [1.29, 1.82) is 0 Å². The highest BCUT2D eigenvalue weighted by molar-refractivity contribution is 6.31. The second-order valence-corrected chi connectivity index (χ2v) is 7.29. The Balaban J connectivity index is 1.77. The molecule has 1 saturated heterocycles. The van der Waals surface area contributed by atoms with Crippen molar-refractivity contribution in [3.8, 4) is 5.75 Å². The third-order valence-corrected chi connectivity index (χ3v) is 5.27. The zero-order chi connectivity index (χ0) is 18.5. The molecule has 0 saturated carbocycles. The molecule has 0 amide bonds. The molecule has 3 atom stereocenters. The monoisotopic (exact) mass is 374 g/mol. The number of halogens is 1. The lowest BCUT2D eigenvalue weighted by Gasteiger charge is -2.33. The van der Waals surface area contributed by atoms with E-state index < -0.39 is 0 Å². The van der Waals surface area contributed by atoms with Gasteiger partial charge in [-0.3, -0.25) is 0 Å². The molecule has 2 aromatic rings. The van der Waals surface area contributed by atoms with E-state index in [9.17, 15) is 5.11 Å². The minimum Gasteiger partial charge on any atom is -0.494 e. The molecule has 1 aliphatic heterocycles. The minimum atomic E-state index is -0.302. The maximum atomic E-state index is 10.2. The molecule has 1 fully saturated rings. The Hall–Kier alpha value is -1.55. The maximum Gasteiger partial charge on any atom is 0.119 e. The largest absolute Gasteiger partial charge is 0.494 e. The molecule has 1 N–H and O–H groups in total. The average Bonchev–Trinajstić information content (AvgIpc) is 2.64. The van der Waals surface area contributed by atoms with Gasteiger partial charge >= 0.3 is 0 Å². The Labute approximate surface area is 160 Å². The van der Waals surface area contributed by atoms with Gasteiger partial charge in [0.2, 0.25) is 0 Å². The fourth-order valence-electron chi connectivity index (χ4n) is 3.49. The van der Waals surface area contributed by atoms with Crippen LogP contribution in [0, 0.1) is 0 Å². The first-order valence-electron chi connectivity index (χ1n) is 9.42. The zero-order valence-corrected chi connectivity index (χ0v) is 16.2. The first-order chi connectivity index (χ1) is 12.6. The number of benzene rings is 2. The van der Waals surface area contributed by atoms with Gasteiger partial charge in [-0.1, -0.05) is 42.8 Å². The Morgan fingerprint density at radius 3 is 2.58 bits per heavy atom. The van der Waals surface area contributed by atoms with E-state index in [4.69, 9.17) is 21.1 Å². The first kappa shape index (κ1) is 19.2. The molecule has 2 aromatic carbocycles.